The van der Waals surface area contributed by atoms with Crippen LogP contribution in [0.2, 0.25) is 0 Å². The van der Waals surface area contributed by atoms with Gasteiger partial charge in [0.05, 0.1) is 5.52 Å². The van der Waals surface area contributed by atoms with Crippen LogP contribution in [-0.4, -0.2) is 20.5 Å². The molecule has 0 aliphatic heterocycles. The minimum atomic E-state index is -0.280. The number of amides is 1. The smallest absolute Gasteiger partial charge is 0.251 e. The van der Waals surface area contributed by atoms with Gasteiger partial charge in [-0.25, -0.2) is 4.52 Å². The van der Waals surface area contributed by atoms with Gasteiger partial charge >= 0.3 is 0 Å². The van der Waals surface area contributed by atoms with Crippen molar-refractivity contribution >= 4 is 11.4 Å². The zero-order valence-corrected chi connectivity index (χ0v) is 11.5. The summed E-state index contributed by atoms with van der Waals surface area (Å²) in [6.07, 6.45) is 3.56. The van der Waals surface area contributed by atoms with Gasteiger partial charge in [-0.15, -0.1) is 0 Å². The summed E-state index contributed by atoms with van der Waals surface area (Å²) in [6.45, 7) is 2.12. The number of aromatic nitrogens is 3. The molecule has 0 aliphatic carbocycles. The van der Waals surface area contributed by atoms with Crippen molar-refractivity contribution in [3.05, 3.63) is 69.9 Å². The largest absolute Gasteiger partial charge is 0.348 e. The Morgan fingerprint density at radius 2 is 2.24 bits per heavy atom. The maximum Gasteiger partial charge on any atom is 0.251 e. The third kappa shape index (κ3) is 2.69. The Hall–Kier alpha value is -2.89. The lowest BCUT2D eigenvalue weighted by Gasteiger charge is -2.07. The van der Waals surface area contributed by atoms with Crippen molar-refractivity contribution in [1.82, 2.24) is 19.9 Å². The summed E-state index contributed by atoms with van der Waals surface area (Å²) in [4.78, 5) is 26.1. The molecule has 0 fully saturated rings. The fraction of sp³-hybridized carbons (Fsp3) is 0.133. The van der Waals surface area contributed by atoms with Crippen LogP contribution < -0.4 is 10.9 Å². The number of aromatic amines is 1. The number of pyridine rings is 2. The van der Waals surface area contributed by atoms with E-state index in [9.17, 15) is 9.59 Å². The van der Waals surface area contributed by atoms with Crippen molar-refractivity contribution in [3.63, 3.8) is 0 Å². The Labute approximate surface area is 120 Å². The highest BCUT2D eigenvalue weighted by Gasteiger charge is 2.08. The van der Waals surface area contributed by atoms with Crippen molar-refractivity contribution in [2.45, 2.75) is 13.5 Å². The third-order valence-corrected chi connectivity index (χ3v) is 3.20. The number of nitrogens with zero attached hydrogens (tertiary/aromatic N) is 2. The molecule has 0 unspecified atom stereocenters. The summed E-state index contributed by atoms with van der Waals surface area (Å²) in [5, 5.41) is 6.97. The molecule has 3 rings (SSSR count). The summed E-state index contributed by atoms with van der Waals surface area (Å²) in [5.74, 6) is -0.272. The van der Waals surface area contributed by atoms with Gasteiger partial charge < -0.3 is 10.3 Å². The summed E-state index contributed by atoms with van der Waals surface area (Å²) in [7, 11) is 0. The minimum absolute atomic E-state index is 0.272. The van der Waals surface area contributed by atoms with Gasteiger partial charge in [-0.2, -0.15) is 5.10 Å². The number of hydrogen-bond donors (Lipinski definition) is 2. The normalized spacial score (nSPS) is 10.7. The van der Waals surface area contributed by atoms with Crippen molar-refractivity contribution in [3.8, 4) is 0 Å². The van der Waals surface area contributed by atoms with E-state index in [0.29, 0.717) is 17.8 Å². The first-order valence-corrected chi connectivity index (χ1v) is 6.54. The summed E-state index contributed by atoms with van der Waals surface area (Å²) in [6, 6.07) is 8.63. The van der Waals surface area contributed by atoms with Gasteiger partial charge in [-0.3, -0.25) is 9.59 Å². The van der Waals surface area contributed by atoms with Crippen LogP contribution in [0, 0.1) is 6.92 Å². The highest BCUT2D eigenvalue weighted by atomic mass is 16.2. The average Bonchev–Trinajstić information content (AvgIpc) is 2.92. The molecule has 106 valence electrons. The number of fused-ring (bicyclic) bond motifs is 1. The number of aryl methyl sites for hydroxylation is 1. The molecule has 2 N–H and O–H groups in total. The van der Waals surface area contributed by atoms with Gasteiger partial charge in [0.2, 0.25) is 5.56 Å². The second kappa shape index (κ2) is 5.24. The third-order valence-electron chi connectivity index (χ3n) is 3.20. The van der Waals surface area contributed by atoms with Crippen LogP contribution in [0.3, 0.4) is 0 Å². The molecule has 0 atom stereocenters. The number of nitrogens with one attached hydrogen (secondary N) is 2. The van der Waals surface area contributed by atoms with E-state index in [-0.39, 0.29) is 11.5 Å². The summed E-state index contributed by atoms with van der Waals surface area (Å²) < 4.78 is 1.75. The number of hydrogen-bond acceptors (Lipinski definition) is 3. The predicted octanol–water partition coefficient (Wildman–Crippen LogP) is 1.26. The molecule has 3 heterocycles. The molecular formula is C15H14N4O2. The Kier molecular flexibility index (Phi) is 3.27. The Morgan fingerprint density at radius 1 is 1.38 bits per heavy atom. The Bertz CT molecular complexity index is 863. The number of carbonyl (C=O) groups excluding carboxylic acids is 1. The molecule has 3 aromatic heterocycles. The predicted molar refractivity (Wildman–Crippen MR) is 78.2 cm³/mol. The molecular weight excluding hydrogens is 268 g/mol. The molecule has 1 amide bonds. The molecule has 0 radical (unpaired) electrons. The van der Waals surface area contributed by atoms with E-state index in [1.54, 1.807) is 23.7 Å². The lowest BCUT2D eigenvalue weighted by Crippen LogP contribution is -2.25. The molecule has 6 heteroatoms. The molecule has 6 nitrogen and oxygen atoms in total. The second-order valence-corrected chi connectivity index (χ2v) is 4.79. The lowest BCUT2D eigenvalue weighted by atomic mass is 10.2. The van der Waals surface area contributed by atoms with Gasteiger partial charge in [0.15, 0.2) is 0 Å². The average molecular weight is 282 g/mol. The van der Waals surface area contributed by atoms with Gasteiger partial charge in [-0.05, 0) is 30.7 Å². The molecule has 0 saturated heterocycles. The molecule has 0 spiro atoms. The van der Waals surface area contributed by atoms with E-state index >= 15 is 0 Å². The van der Waals surface area contributed by atoms with E-state index in [0.717, 1.165) is 11.1 Å². The maximum atomic E-state index is 12.1. The first kappa shape index (κ1) is 13.1. The number of carbonyl (C=O) groups is 1. The van der Waals surface area contributed by atoms with Gasteiger partial charge in [0.25, 0.3) is 5.91 Å². The van der Waals surface area contributed by atoms with E-state index in [1.807, 2.05) is 24.4 Å². The molecule has 21 heavy (non-hydrogen) atoms. The maximum absolute atomic E-state index is 12.1. The topological polar surface area (TPSA) is 79.3 Å². The van der Waals surface area contributed by atoms with Crippen LogP contribution in [0.5, 0.6) is 0 Å². The first-order valence-electron chi connectivity index (χ1n) is 6.54. The molecule has 0 saturated carbocycles. The first-order chi connectivity index (χ1) is 10.1. The van der Waals surface area contributed by atoms with Crippen molar-refractivity contribution < 1.29 is 4.79 Å². The summed E-state index contributed by atoms with van der Waals surface area (Å²) >= 11 is 0. The number of rotatable bonds is 3. The van der Waals surface area contributed by atoms with Crippen molar-refractivity contribution in [2.75, 3.05) is 0 Å². The summed E-state index contributed by atoms with van der Waals surface area (Å²) in [5.41, 5.74) is 2.64. The number of H-pyrrole nitrogens is 1. The molecule has 0 bridgehead atoms. The highest BCUT2D eigenvalue weighted by Crippen LogP contribution is 2.09. The van der Waals surface area contributed by atoms with E-state index < -0.39 is 0 Å². The standard InChI is InChI=1S/C15H14N4O2/c1-10-7-12(8-14(20)18-10)15(21)16-9-11-3-2-6-19-13(11)4-5-17-19/h2-8H,9H2,1H3,(H,16,21)(H,18,20). The van der Waals surface area contributed by atoms with Crippen molar-refractivity contribution in [1.29, 1.82) is 0 Å². The van der Waals surface area contributed by atoms with E-state index in [1.165, 1.54) is 6.07 Å². The quantitative estimate of drug-likeness (QED) is 0.759. The fourth-order valence-electron chi connectivity index (χ4n) is 2.25. The van der Waals surface area contributed by atoms with Gasteiger partial charge in [0.1, 0.15) is 0 Å². The van der Waals surface area contributed by atoms with E-state index in [4.69, 9.17) is 0 Å². The zero-order valence-electron chi connectivity index (χ0n) is 11.5. The molecule has 0 aliphatic rings. The second-order valence-electron chi connectivity index (χ2n) is 4.79. The molecule has 3 aromatic rings. The van der Waals surface area contributed by atoms with Crippen LogP contribution >= 0.6 is 0 Å². The zero-order chi connectivity index (χ0) is 14.8. The monoisotopic (exact) mass is 282 g/mol. The van der Waals surface area contributed by atoms with Crippen LogP contribution in [0.25, 0.3) is 5.52 Å². The van der Waals surface area contributed by atoms with Crippen LogP contribution in [-0.2, 0) is 6.54 Å². The fourth-order valence-corrected chi connectivity index (χ4v) is 2.25. The molecule has 0 aromatic carbocycles. The van der Waals surface area contributed by atoms with Crippen molar-refractivity contribution in [2.24, 2.45) is 0 Å². The SMILES string of the molecule is Cc1cc(C(=O)NCc2cccn3nccc23)cc(=O)[nH]1. The highest BCUT2D eigenvalue weighted by molar-refractivity contribution is 5.94. The van der Waals surface area contributed by atoms with Gasteiger partial charge in [-0.1, -0.05) is 6.07 Å². The van der Waals surface area contributed by atoms with Gasteiger partial charge in [0, 0.05) is 36.3 Å². The Morgan fingerprint density at radius 3 is 3.05 bits per heavy atom. The Balaban J connectivity index is 1.79. The van der Waals surface area contributed by atoms with E-state index in [2.05, 4.69) is 15.4 Å². The van der Waals surface area contributed by atoms with Crippen LogP contribution in [0.15, 0.2) is 47.5 Å². The van der Waals surface area contributed by atoms with Crippen LogP contribution in [0.4, 0.5) is 0 Å². The lowest BCUT2D eigenvalue weighted by molar-refractivity contribution is 0.0950. The minimum Gasteiger partial charge on any atom is -0.348 e. The van der Waals surface area contributed by atoms with Crippen LogP contribution in [0.1, 0.15) is 21.6 Å².